The third kappa shape index (κ3) is 4.60. The molecule has 3 rings (SSSR count). The lowest BCUT2D eigenvalue weighted by atomic mass is 10.1. The molecule has 3 nitrogen and oxygen atoms in total. The summed E-state index contributed by atoms with van der Waals surface area (Å²) < 4.78 is 44.1. The van der Waals surface area contributed by atoms with Crippen LogP contribution < -0.4 is 4.31 Å². The van der Waals surface area contributed by atoms with E-state index in [9.17, 15) is 12.8 Å². The summed E-state index contributed by atoms with van der Waals surface area (Å²) in [6.45, 7) is 5.59. The highest BCUT2D eigenvalue weighted by Gasteiger charge is 2.29. The van der Waals surface area contributed by atoms with E-state index in [1.54, 1.807) is 42.5 Å². The van der Waals surface area contributed by atoms with Gasteiger partial charge < -0.3 is 0 Å². The highest BCUT2D eigenvalue weighted by Crippen LogP contribution is 2.33. The predicted molar refractivity (Wildman–Crippen MR) is 119 cm³/mol. The zero-order chi connectivity index (χ0) is 21.0. The molecule has 0 bridgehead atoms. The number of hydrogen-bond acceptors (Lipinski definition) is 2. The topological polar surface area (TPSA) is 37.4 Å². The van der Waals surface area contributed by atoms with Crippen molar-refractivity contribution in [3.05, 3.63) is 106 Å². The summed E-state index contributed by atoms with van der Waals surface area (Å²) in [5, 5.41) is 0. The Labute approximate surface area is 179 Å². The number of sulfonamides is 1. The van der Waals surface area contributed by atoms with Crippen LogP contribution in [0.3, 0.4) is 0 Å². The molecule has 0 aliphatic carbocycles. The molecule has 3 aromatic carbocycles. The van der Waals surface area contributed by atoms with Crippen molar-refractivity contribution in [2.24, 2.45) is 0 Å². The van der Waals surface area contributed by atoms with E-state index in [4.69, 9.17) is 0 Å². The molecule has 0 fully saturated rings. The minimum Gasteiger partial charge on any atom is -0.259 e. The monoisotopic (exact) mass is 473 g/mol. The Hall–Kier alpha value is -2.44. The molecule has 0 atom stereocenters. The van der Waals surface area contributed by atoms with Crippen LogP contribution in [0.15, 0.2) is 88.8 Å². The summed E-state index contributed by atoms with van der Waals surface area (Å²) in [5.41, 5.74) is 2.28. The second-order valence-corrected chi connectivity index (χ2v) is 9.37. The van der Waals surface area contributed by atoms with Gasteiger partial charge in [-0.05, 0) is 48.7 Å². The number of allylic oxidation sites excluding steroid dienone is 1. The Kier molecular flexibility index (Phi) is 6.55. The van der Waals surface area contributed by atoms with Crippen LogP contribution in [0.5, 0.6) is 0 Å². The van der Waals surface area contributed by atoms with E-state index in [1.165, 1.54) is 6.07 Å². The molecule has 150 valence electrons. The normalized spacial score (nSPS) is 11.3. The van der Waals surface area contributed by atoms with Gasteiger partial charge in [-0.25, -0.2) is 12.8 Å². The summed E-state index contributed by atoms with van der Waals surface area (Å²) >= 11 is 3.47. The van der Waals surface area contributed by atoms with Crippen molar-refractivity contribution in [2.45, 2.75) is 24.8 Å². The van der Waals surface area contributed by atoms with Crippen LogP contribution in [0, 0.1) is 12.7 Å². The number of aryl methyl sites for hydroxylation is 1. The molecule has 0 heterocycles. The van der Waals surface area contributed by atoms with Crippen molar-refractivity contribution >= 4 is 31.6 Å². The number of anilines is 1. The molecule has 0 aliphatic heterocycles. The van der Waals surface area contributed by atoms with Gasteiger partial charge in [-0.2, -0.15) is 0 Å². The molecule has 6 heteroatoms. The quantitative estimate of drug-likeness (QED) is 0.393. The van der Waals surface area contributed by atoms with E-state index < -0.39 is 15.8 Å². The van der Waals surface area contributed by atoms with Crippen LogP contribution in [0.25, 0.3) is 0 Å². The van der Waals surface area contributed by atoms with Crippen molar-refractivity contribution in [1.29, 1.82) is 0 Å². The zero-order valence-electron chi connectivity index (χ0n) is 16.0. The Bertz CT molecular complexity index is 1130. The number of nitrogens with zero attached hydrogens (tertiary/aromatic N) is 1. The number of para-hydroxylation sites is 1. The van der Waals surface area contributed by atoms with E-state index in [0.717, 1.165) is 19.9 Å². The molecule has 29 heavy (non-hydrogen) atoms. The van der Waals surface area contributed by atoms with Gasteiger partial charge in [0.1, 0.15) is 5.82 Å². The fraction of sp³-hybridized carbons (Fsp3) is 0.130. The van der Waals surface area contributed by atoms with Crippen molar-refractivity contribution in [3.8, 4) is 0 Å². The van der Waals surface area contributed by atoms with Gasteiger partial charge in [-0.3, -0.25) is 4.31 Å². The molecule has 0 unspecified atom stereocenters. The Morgan fingerprint density at radius 1 is 1.00 bits per heavy atom. The van der Waals surface area contributed by atoms with Crippen molar-refractivity contribution < 1.29 is 12.8 Å². The number of halogens is 2. The zero-order valence-corrected chi connectivity index (χ0v) is 18.4. The minimum absolute atomic E-state index is 0.0112. The van der Waals surface area contributed by atoms with Crippen LogP contribution in [0.4, 0.5) is 10.1 Å². The van der Waals surface area contributed by atoms with Gasteiger partial charge in [0, 0.05) is 4.47 Å². The minimum atomic E-state index is -4.01. The maximum atomic E-state index is 15.0. The summed E-state index contributed by atoms with van der Waals surface area (Å²) in [4.78, 5) is 0.114. The third-order valence-corrected chi connectivity index (χ3v) is 7.10. The van der Waals surface area contributed by atoms with E-state index in [2.05, 4.69) is 22.5 Å². The first-order valence-corrected chi connectivity index (χ1v) is 11.3. The lowest BCUT2D eigenvalue weighted by Crippen LogP contribution is -2.32. The predicted octanol–water partition coefficient (Wildman–Crippen LogP) is 6.02. The smallest absolute Gasteiger partial charge is 0.259 e. The molecule has 0 spiro atoms. The molecule has 0 saturated heterocycles. The number of hydrogen-bond donors (Lipinski definition) is 0. The molecule has 0 aliphatic rings. The first kappa shape index (κ1) is 21.3. The molecule has 0 N–H and O–H groups in total. The van der Waals surface area contributed by atoms with Gasteiger partial charge in [0.2, 0.25) is 0 Å². The Morgan fingerprint density at radius 3 is 2.31 bits per heavy atom. The molecule has 0 saturated carbocycles. The highest BCUT2D eigenvalue weighted by molar-refractivity contribution is 9.10. The van der Waals surface area contributed by atoms with Gasteiger partial charge >= 0.3 is 0 Å². The van der Waals surface area contributed by atoms with Crippen LogP contribution in [0.1, 0.15) is 16.7 Å². The summed E-state index contributed by atoms with van der Waals surface area (Å²) in [6, 6.07) is 18.4. The molecular weight excluding hydrogens is 453 g/mol. The van der Waals surface area contributed by atoms with Gasteiger partial charge in [0.05, 0.1) is 17.1 Å². The average molecular weight is 474 g/mol. The van der Waals surface area contributed by atoms with E-state index in [0.29, 0.717) is 12.0 Å². The second kappa shape index (κ2) is 8.93. The molecule has 3 aromatic rings. The lowest BCUT2D eigenvalue weighted by Gasteiger charge is -2.27. The second-order valence-electron chi connectivity index (χ2n) is 6.66. The SMILES string of the molecule is C=CCc1cccc(F)c1N(Cc1ccccc1Br)S(=O)(=O)c1ccc(C)cc1. The van der Waals surface area contributed by atoms with Crippen molar-refractivity contribution in [2.75, 3.05) is 4.31 Å². The fourth-order valence-corrected chi connectivity index (χ4v) is 4.96. The number of benzene rings is 3. The van der Waals surface area contributed by atoms with E-state index in [-0.39, 0.29) is 17.1 Å². The Morgan fingerprint density at radius 2 is 1.66 bits per heavy atom. The highest BCUT2D eigenvalue weighted by atomic mass is 79.9. The van der Waals surface area contributed by atoms with E-state index in [1.807, 2.05) is 31.2 Å². The standard InChI is InChI=1S/C23H21BrFNO2S/c1-3-7-18-9-6-11-22(25)23(18)26(16-19-8-4-5-10-21(19)24)29(27,28)20-14-12-17(2)13-15-20/h3-6,8-15H,1,7,16H2,2H3. The van der Waals surface area contributed by atoms with Gasteiger partial charge in [-0.1, -0.05) is 70.0 Å². The van der Waals surface area contributed by atoms with Gasteiger partial charge in [0.25, 0.3) is 10.0 Å². The Balaban J connectivity index is 2.22. The number of rotatable bonds is 7. The third-order valence-electron chi connectivity index (χ3n) is 4.56. The van der Waals surface area contributed by atoms with E-state index >= 15 is 0 Å². The largest absolute Gasteiger partial charge is 0.264 e. The van der Waals surface area contributed by atoms with Crippen molar-refractivity contribution in [3.63, 3.8) is 0 Å². The first-order chi connectivity index (χ1) is 13.8. The van der Waals surface area contributed by atoms with Crippen LogP contribution >= 0.6 is 15.9 Å². The van der Waals surface area contributed by atoms with Crippen LogP contribution in [0.2, 0.25) is 0 Å². The molecule has 0 amide bonds. The van der Waals surface area contributed by atoms with Crippen molar-refractivity contribution in [1.82, 2.24) is 0 Å². The average Bonchev–Trinajstić information content (AvgIpc) is 2.69. The first-order valence-electron chi connectivity index (χ1n) is 9.05. The summed E-state index contributed by atoms with van der Waals surface area (Å²) in [7, 11) is -4.01. The maximum Gasteiger partial charge on any atom is 0.264 e. The van der Waals surface area contributed by atoms with Crippen LogP contribution in [-0.4, -0.2) is 8.42 Å². The maximum absolute atomic E-state index is 15.0. The summed E-state index contributed by atoms with van der Waals surface area (Å²) in [6.07, 6.45) is 1.98. The summed E-state index contributed by atoms with van der Waals surface area (Å²) in [5.74, 6) is -0.591. The molecule has 0 aromatic heterocycles. The molecular formula is C23H21BrFNO2S. The lowest BCUT2D eigenvalue weighted by molar-refractivity contribution is 0.584. The van der Waals surface area contributed by atoms with Gasteiger partial charge in [0.15, 0.2) is 0 Å². The van der Waals surface area contributed by atoms with Crippen LogP contribution in [-0.2, 0) is 23.0 Å². The van der Waals surface area contributed by atoms with Gasteiger partial charge in [-0.15, -0.1) is 6.58 Å². The fourth-order valence-electron chi connectivity index (χ4n) is 3.06. The molecule has 0 radical (unpaired) electrons.